The summed E-state index contributed by atoms with van der Waals surface area (Å²) in [5.41, 5.74) is 2.09. The first-order chi connectivity index (χ1) is 10.2. The van der Waals surface area contributed by atoms with Gasteiger partial charge < -0.3 is 14.8 Å². The van der Waals surface area contributed by atoms with E-state index in [0.717, 1.165) is 11.3 Å². The molecule has 0 spiro atoms. The number of hydrogen-bond donors (Lipinski definition) is 2. The highest BCUT2D eigenvalue weighted by Crippen LogP contribution is 2.15. The number of carbonyl (C=O) groups excluding carboxylic acids is 1. The van der Waals surface area contributed by atoms with Gasteiger partial charge >= 0.3 is 0 Å². The Balaban J connectivity index is 1.61. The molecule has 1 aromatic carbocycles. The van der Waals surface area contributed by atoms with E-state index in [0.29, 0.717) is 13.0 Å². The first-order valence-electron chi connectivity index (χ1n) is 6.73. The Bertz CT molecular complexity index is 747. The van der Waals surface area contributed by atoms with Crippen molar-refractivity contribution in [1.82, 2.24) is 14.7 Å². The number of para-hydroxylation sites is 1. The number of nitrogens with one attached hydrogen (secondary N) is 1. The summed E-state index contributed by atoms with van der Waals surface area (Å²) in [7, 11) is 0. The molecule has 0 aliphatic heterocycles. The lowest BCUT2D eigenvalue weighted by molar-refractivity contribution is 0.0951. The number of imidazole rings is 1. The van der Waals surface area contributed by atoms with Gasteiger partial charge in [-0.05, 0) is 24.3 Å². The molecule has 0 unspecified atom stereocenters. The van der Waals surface area contributed by atoms with Gasteiger partial charge in [0.2, 0.25) is 0 Å². The van der Waals surface area contributed by atoms with Gasteiger partial charge in [-0.25, -0.2) is 4.98 Å². The minimum absolute atomic E-state index is 0.0114. The van der Waals surface area contributed by atoms with Crippen LogP contribution in [-0.4, -0.2) is 26.9 Å². The Kier molecular flexibility index (Phi) is 3.55. The number of phenolic OH excluding ortho intramolecular Hbond substituents is 1. The van der Waals surface area contributed by atoms with Gasteiger partial charge in [-0.1, -0.05) is 18.2 Å². The van der Waals surface area contributed by atoms with Crippen LogP contribution in [0, 0.1) is 0 Å². The molecule has 5 heteroatoms. The average Bonchev–Trinajstić information content (AvgIpc) is 2.90. The second-order valence-electron chi connectivity index (χ2n) is 4.72. The number of amides is 1. The molecule has 21 heavy (non-hydrogen) atoms. The number of phenols is 1. The number of aromatic nitrogens is 2. The zero-order chi connectivity index (χ0) is 14.7. The predicted molar refractivity (Wildman–Crippen MR) is 79.3 cm³/mol. The van der Waals surface area contributed by atoms with Gasteiger partial charge in [0.1, 0.15) is 11.4 Å². The number of aromatic hydroxyl groups is 1. The second-order valence-corrected chi connectivity index (χ2v) is 4.72. The maximum atomic E-state index is 11.9. The third-order valence-corrected chi connectivity index (χ3v) is 3.23. The predicted octanol–water partition coefficient (Wildman–Crippen LogP) is 2.01. The molecule has 0 aliphatic rings. The molecular weight excluding hydrogens is 266 g/mol. The minimum atomic E-state index is -0.281. The van der Waals surface area contributed by atoms with Crippen molar-refractivity contribution in [2.75, 3.05) is 6.54 Å². The lowest BCUT2D eigenvalue weighted by Crippen LogP contribution is -2.25. The monoisotopic (exact) mass is 281 g/mol. The van der Waals surface area contributed by atoms with E-state index >= 15 is 0 Å². The van der Waals surface area contributed by atoms with Gasteiger partial charge in [0.15, 0.2) is 0 Å². The van der Waals surface area contributed by atoms with E-state index in [2.05, 4.69) is 10.3 Å². The number of fused-ring (bicyclic) bond motifs is 1. The fourth-order valence-corrected chi connectivity index (χ4v) is 2.17. The maximum absolute atomic E-state index is 11.9. The van der Waals surface area contributed by atoms with Crippen molar-refractivity contribution in [1.29, 1.82) is 0 Å². The quantitative estimate of drug-likeness (QED) is 0.768. The van der Waals surface area contributed by atoms with Crippen LogP contribution in [0.2, 0.25) is 0 Å². The van der Waals surface area contributed by atoms with Gasteiger partial charge in [0.25, 0.3) is 5.91 Å². The molecule has 0 radical (unpaired) electrons. The van der Waals surface area contributed by atoms with Crippen LogP contribution in [0.3, 0.4) is 0 Å². The molecular formula is C16H15N3O2. The molecule has 2 N–H and O–H groups in total. The van der Waals surface area contributed by atoms with Crippen LogP contribution in [0.1, 0.15) is 16.1 Å². The average molecular weight is 281 g/mol. The van der Waals surface area contributed by atoms with Gasteiger partial charge in [0, 0.05) is 25.4 Å². The molecule has 3 aromatic rings. The van der Waals surface area contributed by atoms with Crippen molar-refractivity contribution in [2.24, 2.45) is 0 Å². The number of nitrogens with zero attached hydrogens (tertiary/aromatic N) is 2. The largest absolute Gasteiger partial charge is 0.507 e. The Labute approximate surface area is 121 Å². The van der Waals surface area contributed by atoms with Crippen LogP contribution < -0.4 is 5.32 Å². The lowest BCUT2D eigenvalue weighted by Gasteiger charge is -2.05. The summed E-state index contributed by atoms with van der Waals surface area (Å²) < 4.78 is 1.94. The van der Waals surface area contributed by atoms with Crippen molar-refractivity contribution < 1.29 is 9.90 Å². The topological polar surface area (TPSA) is 66.6 Å². The first kappa shape index (κ1) is 13.2. The van der Waals surface area contributed by atoms with Crippen LogP contribution in [0.25, 0.3) is 5.65 Å². The van der Waals surface area contributed by atoms with Crippen LogP contribution >= 0.6 is 0 Å². The van der Waals surface area contributed by atoms with Gasteiger partial charge in [-0.3, -0.25) is 4.79 Å². The van der Waals surface area contributed by atoms with Crippen molar-refractivity contribution in [3.63, 3.8) is 0 Å². The highest BCUT2D eigenvalue weighted by atomic mass is 16.3. The Hall–Kier alpha value is -2.82. The van der Waals surface area contributed by atoms with E-state index in [1.54, 1.807) is 18.2 Å². The van der Waals surface area contributed by atoms with Gasteiger partial charge in [-0.15, -0.1) is 0 Å². The molecule has 2 aromatic heterocycles. The third kappa shape index (κ3) is 2.86. The number of benzene rings is 1. The van der Waals surface area contributed by atoms with Crippen LogP contribution in [0.4, 0.5) is 0 Å². The Morgan fingerprint density at radius 3 is 2.81 bits per heavy atom. The summed E-state index contributed by atoms with van der Waals surface area (Å²) in [5, 5.41) is 12.4. The molecule has 1 amide bonds. The molecule has 0 bridgehead atoms. The van der Waals surface area contributed by atoms with Gasteiger partial charge in [0.05, 0.1) is 11.3 Å². The minimum Gasteiger partial charge on any atom is -0.507 e. The second kappa shape index (κ2) is 5.66. The molecule has 0 atom stereocenters. The molecule has 0 fully saturated rings. The maximum Gasteiger partial charge on any atom is 0.255 e. The highest BCUT2D eigenvalue weighted by Gasteiger charge is 2.09. The van der Waals surface area contributed by atoms with E-state index in [1.807, 2.05) is 35.0 Å². The van der Waals surface area contributed by atoms with Crippen molar-refractivity contribution in [3.05, 3.63) is 66.1 Å². The van der Waals surface area contributed by atoms with Crippen molar-refractivity contribution in [2.45, 2.75) is 6.42 Å². The molecule has 2 heterocycles. The SMILES string of the molecule is O=C(NCCc1cn2ccccc2n1)c1ccccc1O. The summed E-state index contributed by atoms with van der Waals surface area (Å²) in [6.45, 7) is 0.469. The fraction of sp³-hybridized carbons (Fsp3) is 0.125. The van der Waals surface area contributed by atoms with Crippen LogP contribution in [0.5, 0.6) is 5.75 Å². The van der Waals surface area contributed by atoms with E-state index in [1.165, 1.54) is 6.07 Å². The number of carbonyl (C=O) groups is 1. The van der Waals surface area contributed by atoms with E-state index < -0.39 is 0 Å². The highest BCUT2D eigenvalue weighted by molar-refractivity contribution is 5.96. The summed E-state index contributed by atoms with van der Waals surface area (Å²) in [5.74, 6) is -0.292. The number of hydrogen-bond acceptors (Lipinski definition) is 3. The summed E-state index contributed by atoms with van der Waals surface area (Å²) in [6.07, 6.45) is 4.52. The van der Waals surface area contributed by atoms with E-state index in [4.69, 9.17) is 0 Å². The van der Waals surface area contributed by atoms with Crippen molar-refractivity contribution in [3.8, 4) is 5.75 Å². The summed E-state index contributed by atoms with van der Waals surface area (Å²) in [6, 6.07) is 12.3. The lowest BCUT2D eigenvalue weighted by atomic mass is 10.2. The number of rotatable bonds is 4. The smallest absolute Gasteiger partial charge is 0.255 e. The molecule has 0 aliphatic carbocycles. The normalized spacial score (nSPS) is 10.7. The van der Waals surface area contributed by atoms with Crippen molar-refractivity contribution >= 4 is 11.6 Å². The van der Waals surface area contributed by atoms with Gasteiger partial charge in [-0.2, -0.15) is 0 Å². The molecule has 3 rings (SSSR count). The Morgan fingerprint density at radius 2 is 2.00 bits per heavy atom. The number of pyridine rings is 1. The molecule has 5 nitrogen and oxygen atoms in total. The fourth-order valence-electron chi connectivity index (χ4n) is 2.17. The summed E-state index contributed by atoms with van der Waals surface area (Å²) in [4.78, 5) is 16.4. The van der Waals surface area contributed by atoms with Crippen LogP contribution in [0.15, 0.2) is 54.9 Å². The zero-order valence-corrected chi connectivity index (χ0v) is 11.4. The zero-order valence-electron chi connectivity index (χ0n) is 11.4. The Morgan fingerprint density at radius 1 is 1.19 bits per heavy atom. The standard InChI is InChI=1S/C16H15N3O2/c20-14-6-2-1-5-13(14)16(21)17-9-8-12-11-19-10-4-3-7-15(19)18-12/h1-7,10-11,20H,8-9H2,(H,17,21). The summed E-state index contributed by atoms with van der Waals surface area (Å²) >= 11 is 0. The first-order valence-corrected chi connectivity index (χ1v) is 6.73. The van der Waals surface area contributed by atoms with E-state index in [9.17, 15) is 9.90 Å². The van der Waals surface area contributed by atoms with Crippen LogP contribution in [-0.2, 0) is 6.42 Å². The third-order valence-electron chi connectivity index (χ3n) is 3.23. The molecule has 0 saturated carbocycles. The molecule has 0 saturated heterocycles. The molecule has 106 valence electrons. The van der Waals surface area contributed by atoms with E-state index in [-0.39, 0.29) is 17.2 Å².